The summed E-state index contributed by atoms with van der Waals surface area (Å²) in [6, 6.07) is 13.2. The predicted octanol–water partition coefficient (Wildman–Crippen LogP) is 5.07. The lowest BCUT2D eigenvalue weighted by atomic mass is 10.2. The lowest BCUT2D eigenvalue weighted by molar-refractivity contribution is 0.112. The molecular weight excluding hydrogens is 320 g/mol. The molecule has 0 heterocycles. The summed E-state index contributed by atoms with van der Waals surface area (Å²) < 4.78 is 1.02. The van der Waals surface area contributed by atoms with Crippen molar-refractivity contribution in [2.45, 2.75) is 9.79 Å². The van der Waals surface area contributed by atoms with E-state index in [2.05, 4.69) is 15.9 Å². The molecule has 1 nitrogen and oxygen atoms in total. The minimum absolute atomic E-state index is 0.600. The summed E-state index contributed by atoms with van der Waals surface area (Å²) in [6.07, 6.45) is 0.826. The zero-order valence-corrected chi connectivity index (χ0v) is 11.8. The van der Waals surface area contributed by atoms with Crippen molar-refractivity contribution in [3.05, 3.63) is 57.5 Å². The summed E-state index contributed by atoms with van der Waals surface area (Å²) in [4.78, 5) is 12.8. The molecule has 0 unspecified atom stereocenters. The van der Waals surface area contributed by atoms with Gasteiger partial charge in [0.2, 0.25) is 0 Å². The number of carbonyl (C=O) groups excluding carboxylic acids is 1. The molecule has 0 aliphatic rings. The molecule has 0 bridgehead atoms. The van der Waals surface area contributed by atoms with Gasteiger partial charge in [-0.1, -0.05) is 51.4 Å². The van der Waals surface area contributed by atoms with Gasteiger partial charge in [-0.25, -0.2) is 0 Å². The first-order valence-electron chi connectivity index (χ1n) is 4.88. The van der Waals surface area contributed by atoms with Gasteiger partial charge >= 0.3 is 0 Å². The van der Waals surface area contributed by atoms with Crippen LogP contribution >= 0.6 is 39.3 Å². The summed E-state index contributed by atoms with van der Waals surface area (Å²) in [5.74, 6) is 0. The molecule has 0 spiro atoms. The van der Waals surface area contributed by atoms with Crippen molar-refractivity contribution >= 4 is 45.6 Å². The highest BCUT2D eigenvalue weighted by atomic mass is 79.9. The fourth-order valence-electron chi connectivity index (χ4n) is 1.35. The van der Waals surface area contributed by atoms with E-state index >= 15 is 0 Å². The van der Waals surface area contributed by atoms with Crippen molar-refractivity contribution in [3.63, 3.8) is 0 Å². The van der Waals surface area contributed by atoms with Crippen molar-refractivity contribution in [1.29, 1.82) is 0 Å². The Morgan fingerprint density at radius 1 is 1.12 bits per heavy atom. The molecule has 0 N–H and O–H groups in total. The third-order valence-electron chi connectivity index (χ3n) is 2.16. The van der Waals surface area contributed by atoms with Crippen LogP contribution in [0.4, 0.5) is 0 Å². The van der Waals surface area contributed by atoms with Crippen LogP contribution in [-0.2, 0) is 0 Å². The second kappa shape index (κ2) is 5.71. The molecule has 0 saturated heterocycles. The minimum Gasteiger partial charge on any atom is -0.298 e. The topological polar surface area (TPSA) is 17.1 Å². The van der Waals surface area contributed by atoms with E-state index < -0.39 is 0 Å². The van der Waals surface area contributed by atoms with Crippen molar-refractivity contribution in [1.82, 2.24) is 0 Å². The number of benzene rings is 2. The van der Waals surface area contributed by atoms with Crippen LogP contribution in [0.15, 0.2) is 56.7 Å². The van der Waals surface area contributed by atoms with E-state index in [0.717, 1.165) is 20.5 Å². The Kier molecular flexibility index (Phi) is 4.26. The molecule has 0 aliphatic carbocycles. The molecule has 0 amide bonds. The second-order valence-electron chi connectivity index (χ2n) is 3.33. The Balaban J connectivity index is 2.35. The molecule has 0 saturated carbocycles. The molecule has 0 atom stereocenters. The van der Waals surface area contributed by atoms with E-state index in [1.54, 1.807) is 18.2 Å². The van der Waals surface area contributed by atoms with Gasteiger partial charge in [0, 0.05) is 19.8 Å². The van der Waals surface area contributed by atoms with Gasteiger partial charge in [0.25, 0.3) is 0 Å². The average molecular weight is 328 g/mol. The summed E-state index contributed by atoms with van der Waals surface area (Å²) in [5, 5.41) is 0.600. The molecule has 0 fully saturated rings. The maximum absolute atomic E-state index is 10.9. The third kappa shape index (κ3) is 3.12. The standard InChI is InChI=1S/C13H8BrClOS/c14-10-4-6-11(7-5-10)17-13-9(8-16)2-1-3-12(13)15/h1-8H. The molecule has 0 radical (unpaired) electrons. The number of carbonyl (C=O) groups is 1. The van der Waals surface area contributed by atoms with Gasteiger partial charge in [-0.15, -0.1) is 0 Å². The third-order valence-corrected chi connectivity index (χ3v) is 4.28. The van der Waals surface area contributed by atoms with E-state index in [9.17, 15) is 4.79 Å². The first-order valence-corrected chi connectivity index (χ1v) is 6.86. The van der Waals surface area contributed by atoms with Crippen molar-refractivity contribution in [3.8, 4) is 0 Å². The van der Waals surface area contributed by atoms with Crippen LogP contribution in [-0.4, -0.2) is 6.29 Å². The summed E-state index contributed by atoms with van der Waals surface area (Å²) in [5.41, 5.74) is 0.616. The summed E-state index contributed by atoms with van der Waals surface area (Å²) in [7, 11) is 0. The highest BCUT2D eigenvalue weighted by Gasteiger charge is 2.08. The molecular formula is C13H8BrClOS. The molecule has 0 aliphatic heterocycles. The van der Waals surface area contributed by atoms with Crippen LogP contribution in [0, 0.1) is 0 Å². The number of hydrogen-bond acceptors (Lipinski definition) is 2. The Morgan fingerprint density at radius 3 is 2.47 bits per heavy atom. The zero-order valence-electron chi connectivity index (χ0n) is 8.69. The highest BCUT2D eigenvalue weighted by molar-refractivity contribution is 9.10. The van der Waals surface area contributed by atoms with Crippen LogP contribution in [0.3, 0.4) is 0 Å². The SMILES string of the molecule is O=Cc1cccc(Cl)c1Sc1ccc(Br)cc1. The predicted molar refractivity (Wildman–Crippen MR) is 75.1 cm³/mol. The van der Waals surface area contributed by atoms with Gasteiger partial charge in [0.15, 0.2) is 6.29 Å². The molecule has 2 aromatic rings. The van der Waals surface area contributed by atoms with E-state index in [4.69, 9.17) is 11.6 Å². The monoisotopic (exact) mass is 326 g/mol. The number of rotatable bonds is 3. The van der Waals surface area contributed by atoms with E-state index in [1.807, 2.05) is 24.3 Å². The lowest BCUT2D eigenvalue weighted by Crippen LogP contribution is -1.86. The first kappa shape index (κ1) is 12.7. The van der Waals surface area contributed by atoms with Gasteiger partial charge in [-0.2, -0.15) is 0 Å². The maximum Gasteiger partial charge on any atom is 0.151 e. The normalized spacial score (nSPS) is 10.2. The smallest absolute Gasteiger partial charge is 0.151 e. The molecule has 2 rings (SSSR count). The minimum atomic E-state index is 0.600. The van der Waals surface area contributed by atoms with Gasteiger partial charge < -0.3 is 0 Å². The fourth-order valence-corrected chi connectivity index (χ4v) is 2.82. The van der Waals surface area contributed by atoms with E-state index in [1.165, 1.54) is 11.8 Å². The molecule has 2 aromatic carbocycles. The zero-order chi connectivity index (χ0) is 12.3. The Hall–Kier alpha value is -0.770. The lowest BCUT2D eigenvalue weighted by Gasteiger charge is -2.06. The summed E-state index contributed by atoms with van der Waals surface area (Å²) >= 11 is 11.0. The largest absolute Gasteiger partial charge is 0.298 e. The fraction of sp³-hybridized carbons (Fsp3) is 0. The van der Waals surface area contributed by atoms with E-state index in [0.29, 0.717) is 10.6 Å². The molecule has 0 aromatic heterocycles. The van der Waals surface area contributed by atoms with Crippen LogP contribution in [0.25, 0.3) is 0 Å². The Labute approximate surface area is 117 Å². The van der Waals surface area contributed by atoms with Gasteiger partial charge in [-0.05, 0) is 30.3 Å². The van der Waals surface area contributed by atoms with Crippen LogP contribution in [0.1, 0.15) is 10.4 Å². The van der Waals surface area contributed by atoms with Crippen molar-refractivity contribution in [2.24, 2.45) is 0 Å². The molecule has 4 heteroatoms. The average Bonchev–Trinajstić information content (AvgIpc) is 2.34. The van der Waals surface area contributed by atoms with Gasteiger partial charge in [0.05, 0.1) is 5.02 Å². The molecule has 17 heavy (non-hydrogen) atoms. The second-order valence-corrected chi connectivity index (χ2v) is 5.74. The van der Waals surface area contributed by atoms with Crippen LogP contribution < -0.4 is 0 Å². The number of hydrogen-bond donors (Lipinski definition) is 0. The number of halogens is 2. The van der Waals surface area contributed by atoms with Gasteiger partial charge in [0.1, 0.15) is 0 Å². The van der Waals surface area contributed by atoms with Crippen LogP contribution in [0.2, 0.25) is 5.02 Å². The van der Waals surface area contributed by atoms with Gasteiger partial charge in [-0.3, -0.25) is 4.79 Å². The van der Waals surface area contributed by atoms with Crippen molar-refractivity contribution < 1.29 is 4.79 Å². The van der Waals surface area contributed by atoms with E-state index in [-0.39, 0.29) is 0 Å². The van der Waals surface area contributed by atoms with Crippen molar-refractivity contribution in [2.75, 3.05) is 0 Å². The highest BCUT2D eigenvalue weighted by Crippen LogP contribution is 2.35. The Morgan fingerprint density at radius 2 is 1.82 bits per heavy atom. The molecule has 86 valence electrons. The Bertz CT molecular complexity index is 540. The maximum atomic E-state index is 10.9. The van der Waals surface area contributed by atoms with Crippen LogP contribution in [0.5, 0.6) is 0 Å². The summed E-state index contributed by atoms with van der Waals surface area (Å²) in [6.45, 7) is 0. The first-order chi connectivity index (χ1) is 8.20. The number of aldehydes is 1. The quantitative estimate of drug-likeness (QED) is 0.732.